The highest BCUT2D eigenvalue weighted by Crippen LogP contribution is 2.34. The van der Waals surface area contributed by atoms with E-state index in [9.17, 15) is 0 Å². The van der Waals surface area contributed by atoms with Crippen LogP contribution in [0, 0.1) is 6.92 Å². The van der Waals surface area contributed by atoms with Crippen molar-refractivity contribution in [2.45, 2.75) is 38.1 Å². The first kappa shape index (κ1) is 14.3. The SMILES string of the molecule is Cc1nnc(NCC2(N(C)C)CCCC2)c2ccccc12. The summed E-state index contributed by atoms with van der Waals surface area (Å²) in [7, 11) is 4.37. The van der Waals surface area contributed by atoms with Crippen molar-refractivity contribution < 1.29 is 0 Å². The predicted octanol–water partition coefficient (Wildman–Crippen LogP) is 3.22. The summed E-state index contributed by atoms with van der Waals surface area (Å²) in [6.07, 6.45) is 5.15. The van der Waals surface area contributed by atoms with Gasteiger partial charge in [0.1, 0.15) is 0 Å². The number of nitrogens with one attached hydrogen (secondary N) is 1. The van der Waals surface area contributed by atoms with Crippen molar-refractivity contribution in [2.75, 3.05) is 26.0 Å². The lowest BCUT2D eigenvalue weighted by molar-refractivity contribution is 0.172. The van der Waals surface area contributed by atoms with E-state index in [2.05, 4.69) is 58.8 Å². The Labute approximate surface area is 126 Å². The molecule has 1 aromatic heterocycles. The third kappa shape index (κ3) is 2.60. The molecule has 0 amide bonds. The highest BCUT2D eigenvalue weighted by atomic mass is 15.2. The average molecular weight is 284 g/mol. The maximum absolute atomic E-state index is 4.38. The van der Waals surface area contributed by atoms with E-state index in [-0.39, 0.29) is 5.54 Å². The number of hydrogen-bond acceptors (Lipinski definition) is 4. The van der Waals surface area contributed by atoms with Crippen molar-refractivity contribution in [3.8, 4) is 0 Å². The van der Waals surface area contributed by atoms with Gasteiger partial charge in [-0.15, -0.1) is 5.10 Å². The first-order valence-corrected chi connectivity index (χ1v) is 7.76. The molecule has 0 unspecified atom stereocenters. The maximum Gasteiger partial charge on any atom is 0.156 e. The second-order valence-electron chi connectivity index (χ2n) is 6.36. The topological polar surface area (TPSA) is 41.1 Å². The van der Waals surface area contributed by atoms with E-state index in [4.69, 9.17) is 0 Å². The molecule has 1 aliphatic carbocycles. The standard InChI is InChI=1S/C17H24N4/c1-13-14-8-4-5-9-15(14)16(20-19-13)18-12-17(21(2)3)10-6-7-11-17/h4-5,8-9H,6-7,10-12H2,1-3H3,(H,18,20). The zero-order valence-corrected chi connectivity index (χ0v) is 13.2. The van der Waals surface area contributed by atoms with Crippen molar-refractivity contribution >= 4 is 16.6 Å². The molecule has 1 heterocycles. The lowest BCUT2D eigenvalue weighted by atomic mass is 9.96. The van der Waals surface area contributed by atoms with Gasteiger partial charge in [0.05, 0.1) is 5.69 Å². The van der Waals surface area contributed by atoms with Gasteiger partial charge in [-0.3, -0.25) is 0 Å². The van der Waals surface area contributed by atoms with Crippen LogP contribution in [0.4, 0.5) is 5.82 Å². The highest BCUT2D eigenvalue weighted by Gasteiger charge is 2.35. The summed E-state index contributed by atoms with van der Waals surface area (Å²) < 4.78 is 0. The van der Waals surface area contributed by atoms with Crippen LogP contribution in [0.15, 0.2) is 24.3 Å². The molecule has 0 atom stereocenters. The largest absolute Gasteiger partial charge is 0.366 e. The van der Waals surface area contributed by atoms with Crippen LogP contribution in [0.3, 0.4) is 0 Å². The Balaban J connectivity index is 1.87. The molecule has 21 heavy (non-hydrogen) atoms. The predicted molar refractivity (Wildman–Crippen MR) is 87.7 cm³/mol. The van der Waals surface area contributed by atoms with Gasteiger partial charge in [-0.1, -0.05) is 37.1 Å². The fourth-order valence-electron chi connectivity index (χ4n) is 3.43. The van der Waals surface area contributed by atoms with Crippen LogP contribution < -0.4 is 5.32 Å². The number of fused-ring (bicyclic) bond motifs is 1. The summed E-state index contributed by atoms with van der Waals surface area (Å²) in [6, 6.07) is 8.35. The van der Waals surface area contributed by atoms with Crippen LogP contribution >= 0.6 is 0 Å². The van der Waals surface area contributed by atoms with Crippen molar-refractivity contribution in [1.82, 2.24) is 15.1 Å². The summed E-state index contributed by atoms with van der Waals surface area (Å²) in [5.74, 6) is 0.907. The van der Waals surface area contributed by atoms with Crippen LogP contribution in [0.2, 0.25) is 0 Å². The maximum atomic E-state index is 4.38. The summed E-state index contributed by atoms with van der Waals surface area (Å²) in [6.45, 7) is 2.94. The summed E-state index contributed by atoms with van der Waals surface area (Å²) in [4.78, 5) is 2.37. The zero-order chi connectivity index (χ0) is 14.9. The van der Waals surface area contributed by atoms with Gasteiger partial charge in [-0.05, 0) is 33.9 Å². The van der Waals surface area contributed by atoms with Crippen LogP contribution in [0.1, 0.15) is 31.4 Å². The van der Waals surface area contributed by atoms with Gasteiger partial charge in [-0.2, -0.15) is 5.10 Å². The van der Waals surface area contributed by atoms with Gasteiger partial charge in [-0.25, -0.2) is 0 Å². The van der Waals surface area contributed by atoms with Crippen molar-refractivity contribution in [3.05, 3.63) is 30.0 Å². The van der Waals surface area contributed by atoms with Crippen LogP contribution in [-0.2, 0) is 0 Å². The van der Waals surface area contributed by atoms with Crippen LogP contribution in [0.25, 0.3) is 10.8 Å². The number of aryl methyl sites for hydroxylation is 1. The number of rotatable bonds is 4. The molecule has 0 saturated heterocycles. The molecule has 1 fully saturated rings. The molecule has 0 spiro atoms. The molecule has 1 N–H and O–H groups in total. The van der Waals surface area contributed by atoms with E-state index in [0.717, 1.165) is 23.4 Å². The third-order valence-corrected chi connectivity index (χ3v) is 4.94. The third-order valence-electron chi connectivity index (χ3n) is 4.94. The van der Waals surface area contributed by atoms with Gasteiger partial charge < -0.3 is 10.2 Å². The number of anilines is 1. The van der Waals surface area contributed by atoms with Crippen LogP contribution in [-0.4, -0.2) is 41.3 Å². The van der Waals surface area contributed by atoms with Crippen molar-refractivity contribution in [3.63, 3.8) is 0 Å². The number of hydrogen-bond donors (Lipinski definition) is 1. The molecule has 4 nitrogen and oxygen atoms in total. The van der Waals surface area contributed by atoms with E-state index < -0.39 is 0 Å². The Morgan fingerprint density at radius 3 is 2.43 bits per heavy atom. The molecule has 0 bridgehead atoms. The van der Waals surface area contributed by atoms with E-state index in [1.54, 1.807) is 0 Å². The van der Waals surface area contributed by atoms with Gasteiger partial charge in [0.25, 0.3) is 0 Å². The minimum Gasteiger partial charge on any atom is -0.366 e. The molecule has 112 valence electrons. The smallest absolute Gasteiger partial charge is 0.156 e. The van der Waals surface area contributed by atoms with Crippen LogP contribution in [0.5, 0.6) is 0 Å². The minimum absolute atomic E-state index is 0.258. The monoisotopic (exact) mass is 284 g/mol. The van der Waals surface area contributed by atoms with E-state index >= 15 is 0 Å². The molecule has 0 radical (unpaired) electrons. The quantitative estimate of drug-likeness (QED) is 0.936. The number of likely N-dealkylation sites (N-methyl/N-ethyl adjacent to an activating group) is 1. The second-order valence-corrected chi connectivity index (χ2v) is 6.36. The molecule has 1 aromatic carbocycles. The molecule has 1 saturated carbocycles. The average Bonchev–Trinajstić information content (AvgIpc) is 2.97. The van der Waals surface area contributed by atoms with Gasteiger partial charge in [0.15, 0.2) is 5.82 Å². The Bertz CT molecular complexity index is 630. The lowest BCUT2D eigenvalue weighted by Crippen LogP contribution is -2.47. The number of nitrogens with zero attached hydrogens (tertiary/aromatic N) is 3. The Morgan fingerprint density at radius 1 is 1.10 bits per heavy atom. The van der Waals surface area contributed by atoms with E-state index in [0.29, 0.717) is 0 Å². The summed E-state index contributed by atoms with van der Waals surface area (Å²) >= 11 is 0. The van der Waals surface area contributed by atoms with Gasteiger partial charge in [0.2, 0.25) is 0 Å². The zero-order valence-electron chi connectivity index (χ0n) is 13.2. The second kappa shape index (κ2) is 5.60. The minimum atomic E-state index is 0.258. The molecule has 2 aromatic rings. The Morgan fingerprint density at radius 2 is 1.76 bits per heavy atom. The number of aromatic nitrogens is 2. The normalized spacial score (nSPS) is 17.5. The fourth-order valence-corrected chi connectivity index (χ4v) is 3.43. The molecule has 1 aliphatic rings. The Kier molecular flexibility index (Phi) is 3.81. The molecule has 3 rings (SSSR count). The highest BCUT2D eigenvalue weighted by molar-refractivity contribution is 5.92. The van der Waals surface area contributed by atoms with Gasteiger partial charge in [0, 0.05) is 22.9 Å². The van der Waals surface area contributed by atoms with E-state index in [1.807, 2.05) is 6.92 Å². The molecular weight excluding hydrogens is 260 g/mol. The van der Waals surface area contributed by atoms with Gasteiger partial charge >= 0.3 is 0 Å². The lowest BCUT2D eigenvalue weighted by Gasteiger charge is -2.36. The summed E-state index contributed by atoms with van der Waals surface area (Å²) in [5.41, 5.74) is 1.24. The van der Waals surface area contributed by atoms with E-state index in [1.165, 1.54) is 31.1 Å². The number of benzene rings is 1. The Hall–Kier alpha value is -1.68. The first-order valence-electron chi connectivity index (χ1n) is 7.76. The first-order chi connectivity index (χ1) is 10.1. The molecule has 4 heteroatoms. The fraction of sp³-hybridized carbons (Fsp3) is 0.529. The van der Waals surface area contributed by atoms with Crippen molar-refractivity contribution in [1.29, 1.82) is 0 Å². The van der Waals surface area contributed by atoms with Crippen molar-refractivity contribution in [2.24, 2.45) is 0 Å². The molecule has 0 aliphatic heterocycles. The molecular formula is C17H24N4. The summed E-state index contributed by atoms with van der Waals surface area (Å²) in [5, 5.41) is 14.6.